The molecule has 0 saturated carbocycles. The van der Waals surface area contributed by atoms with E-state index in [1.165, 1.54) is 22.2 Å². The maximum Gasteiger partial charge on any atom is 0.185 e. The van der Waals surface area contributed by atoms with Gasteiger partial charge < -0.3 is 4.42 Å². The molecule has 0 radical (unpaired) electrons. The first-order valence-corrected chi connectivity index (χ1v) is 9.93. The molecule has 134 valence electrons. The molecular formula is C20H22N4OS. The number of aryl methyl sites for hydroxylation is 2. The second-order valence-electron chi connectivity index (χ2n) is 8.33. The van der Waals surface area contributed by atoms with Crippen LogP contribution in [-0.2, 0) is 12.8 Å². The summed E-state index contributed by atoms with van der Waals surface area (Å²) in [6.07, 6.45) is 6.95. The molecule has 0 fully saturated rings. The van der Waals surface area contributed by atoms with Gasteiger partial charge in [0.2, 0.25) is 0 Å². The highest BCUT2D eigenvalue weighted by Gasteiger charge is 2.31. The molecule has 0 N–H and O–H groups in total. The topological polar surface area (TPSA) is 56.2 Å². The van der Waals surface area contributed by atoms with Crippen molar-refractivity contribution in [2.45, 2.75) is 47.0 Å². The SMILES string of the molecule is Cc1occc1-c1nc2c3c4c(sc3ncn2n1)CC(C(C)(C)C)CC4. The van der Waals surface area contributed by atoms with E-state index in [2.05, 4.69) is 30.9 Å². The summed E-state index contributed by atoms with van der Waals surface area (Å²) in [6.45, 7) is 8.99. The third-order valence-electron chi connectivity index (χ3n) is 5.71. The fourth-order valence-electron chi connectivity index (χ4n) is 4.04. The average molecular weight is 366 g/mol. The molecular weight excluding hydrogens is 344 g/mol. The maximum absolute atomic E-state index is 5.42. The number of nitrogens with zero attached hydrogens (tertiary/aromatic N) is 4. The van der Waals surface area contributed by atoms with E-state index in [4.69, 9.17) is 9.40 Å². The van der Waals surface area contributed by atoms with Gasteiger partial charge in [0.1, 0.15) is 16.9 Å². The summed E-state index contributed by atoms with van der Waals surface area (Å²) in [5, 5.41) is 5.83. The summed E-state index contributed by atoms with van der Waals surface area (Å²) < 4.78 is 7.23. The summed E-state index contributed by atoms with van der Waals surface area (Å²) in [6, 6.07) is 1.92. The van der Waals surface area contributed by atoms with Crippen LogP contribution in [0.3, 0.4) is 0 Å². The molecule has 4 heterocycles. The van der Waals surface area contributed by atoms with Crippen molar-refractivity contribution in [2.75, 3.05) is 0 Å². The minimum Gasteiger partial charge on any atom is -0.469 e. The van der Waals surface area contributed by atoms with Crippen LogP contribution in [0, 0.1) is 18.3 Å². The highest BCUT2D eigenvalue weighted by Crippen LogP contribution is 2.43. The van der Waals surface area contributed by atoms with E-state index in [0.717, 1.165) is 40.6 Å². The van der Waals surface area contributed by atoms with Crippen LogP contribution >= 0.6 is 11.3 Å². The Morgan fingerprint density at radius 2 is 2.15 bits per heavy atom. The van der Waals surface area contributed by atoms with Gasteiger partial charge in [-0.15, -0.1) is 16.4 Å². The van der Waals surface area contributed by atoms with E-state index in [-0.39, 0.29) is 0 Å². The molecule has 26 heavy (non-hydrogen) atoms. The van der Waals surface area contributed by atoms with E-state index in [0.29, 0.717) is 11.2 Å². The molecule has 1 aliphatic carbocycles. The number of furan rings is 1. The molecule has 0 aromatic carbocycles. The molecule has 4 aromatic rings. The van der Waals surface area contributed by atoms with Crippen molar-refractivity contribution in [3.63, 3.8) is 0 Å². The molecule has 5 rings (SSSR count). The van der Waals surface area contributed by atoms with E-state index in [1.54, 1.807) is 12.6 Å². The van der Waals surface area contributed by atoms with Gasteiger partial charge in [0, 0.05) is 4.88 Å². The van der Waals surface area contributed by atoms with Crippen LogP contribution in [0.1, 0.15) is 43.4 Å². The highest BCUT2D eigenvalue weighted by molar-refractivity contribution is 7.19. The molecule has 4 aromatic heterocycles. The zero-order valence-corrected chi connectivity index (χ0v) is 16.4. The summed E-state index contributed by atoms with van der Waals surface area (Å²) in [7, 11) is 0. The van der Waals surface area contributed by atoms with Crippen molar-refractivity contribution < 1.29 is 4.42 Å². The summed E-state index contributed by atoms with van der Waals surface area (Å²) in [4.78, 5) is 12.1. The van der Waals surface area contributed by atoms with Gasteiger partial charge in [-0.05, 0) is 49.1 Å². The van der Waals surface area contributed by atoms with Gasteiger partial charge in [-0.3, -0.25) is 0 Å². The fraction of sp³-hybridized carbons (Fsp3) is 0.450. The van der Waals surface area contributed by atoms with Crippen LogP contribution < -0.4 is 0 Å². The van der Waals surface area contributed by atoms with Crippen LogP contribution in [0.2, 0.25) is 0 Å². The second-order valence-corrected chi connectivity index (χ2v) is 9.41. The Hall–Kier alpha value is -2.21. The van der Waals surface area contributed by atoms with E-state index < -0.39 is 0 Å². The number of aromatic nitrogens is 4. The van der Waals surface area contributed by atoms with Gasteiger partial charge in [-0.1, -0.05) is 20.8 Å². The number of fused-ring (bicyclic) bond motifs is 5. The lowest BCUT2D eigenvalue weighted by Gasteiger charge is -2.33. The Labute approximate surface area is 156 Å². The zero-order valence-electron chi connectivity index (χ0n) is 15.5. The first kappa shape index (κ1) is 16.0. The number of thiophene rings is 1. The molecule has 1 atom stereocenters. The van der Waals surface area contributed by atoms with Crippen LogP contribution in [0.5, 0.6) is 0 Å². The Balaban J connectivity index is 1.68. The van der Waals surface area contributed by atoms with E-state index >= 15 is 0 Å². The Morgan fingerprint density at radius 1 is 1.31 bits per heavy atom. The fourth-order valence-corrected chi connectivity index (χ4v) is 5.31. The minimum atomic E-state index is 0.345. The lowest BCUT2D eigenvalue weighted by atomic mass is 9.72. The molecule has 0 aliphatic heterocycles. The standard InChI is InChI=1S/C20H22N4OS/c1-11-13(7-8-25-11)17-22-18-16-14-6-5-12(20(2,3)4)9-15(14)26-19(16)21-10-24(18)23-17/h7-8,10,12H,5-6,9H2,1-4H3. The summed E-state index contributed by atoms with van der Waals surface area (Å²) in [5.74, 6) is 2.26. The summed E-state index contributed by atoms with van der Waals surface area (Å²) >= 11 is 1.83. The summed E-state index contributed by atoms with van der Waals surface area (Å²) in [5.41, 5.74) is 3.64. The van der Waals surface area contributed by atoms with Crippen molar-refractivity contribution >= 4 is 27.2 Å². The van der Waals surface area contributed by atoms with E-state index in [9.17, 15) is 0 Å². The van der Waals surface area contributed by atoms with Crippen molar-refractivity contribution in [3.8, 4) is 11.4 Å². The van der Waals surface area contributed by atoms with E-state index in [1.807, 2.05) is 28.8 Å². The quantitative estimate of drug-likeness (QED) is 0.472. The van der Waals surface area contributed by atoms with Crippen molar-refractivity contribution in [1.29, 1.82) is 0 Å². The molecule has 0 spiro atoms. The molecule has 6 heteroatoms. The van der Waals surface area contributed by atoms with Gasteiger partial charge in [0.05, 0.1) is 17.2 Å². The van der Waals surface area contributed by atoms with Crippen LogP contribution in [0.25, 0.3) is 27.3 Å². The van der Waals surface area contributed by atoms with Crippen LogP contribution in [0.15, 0.2) is 23.1 Å². The van der Waals surface area contributed by atoms with Gasteiger partial charge in [-0.2, -0.15) is 0 Å². The van der Waals surface area contributed by atoms with Gasteiger partial charge in [0.25, 0.3) is 0 Å². The Morgan fingerprint density at radius 3 is 2.88 bits per heavy atom. The monoisotopic (exact) mass is 366 g/mol. The number of hydrogen-bond donors (Lipinski definition) is 0. The molecule has 5 nitrogen and oxygen atoms in total. The van der Waals surface area contributed by atoms with Crippen molar-refractivity contribution in [1.82, 2.24) is 19.6 Å². The average Bonchev–Trinajstić information content (AvgIpc) is 3.27. The minimum absolute atomic E-state index is 0.345. The van der Waals surface area contributed by atoms with Gasteiger partial charge in [-0.25, -0.2) is 14.5 Å². The molecule has 0 bridgehead atoms. The van der Waals surface area contributed by atoms with Gasteiger partial charge >= 0.3 is 0 Å². The third kappa shape index (κ3) is 2.31. The lowest BCUT2D eigenvalue weighted by molar-refractivity contribution is 0.218. The molecule has 1 aliphatic rings. The normalized spacial score (nSPS) is 17.9. The molecule has 1 unspecified atom stereocenters. The highest BCUT2D eigenvalue weighted by atomic mass is 32.1. The largest absolute Gasteiger partial charge is 0.469 e. The first-order chi connectivity index (χ1) is 12.4. The van der Waals surface area contributed by atoms with Crippen LogP contribution in [0.4, 0.5) is 0 Å². The van der Waals surface area contributed by atoms with Gasteiger partial charge in [0.15, 0.2) is 11.5 Å². The van der Waals surface area contributed by atoms with Crippen molar-refractivity contribution in [2.24, 2.45) is 11.3 Å². The first-order valence-electron chi connectivity index (χ1n) is 9.12. The van der Waals surface area contributed by atoms with Crippen molar-refractivity contribution in [3.05, 3.63) is 34.9 Å². The number of rotatable bonds is 1. The molecule has 0 saturated heterocycles. The zero-order chi connectivity index (χ0) is 18.1. The number of hydrogen-bond acceptors (Lipinski definition) is 5. The lowest BCUT2D eigenvalue weighted by Crippen LogP contribution is -2.26. The Kier molecular flexibility index (Phi) is 3.32. The predicted octanol–water partition coefficient (Wildman–Crippen LogP) is 5.06. The predicted molar refractivity (Wildman–Crippen MR) is 104 cm³/mol. The third-order valence-corrected chi connectivity index (χ3v) is 6.87. The second kappa shape index (κ2) is 5.39. The smallest absolute Gasteiger partial charge is 0.185 e. The van der Waals surface area contributed by atoms with Crippen LogP contribution in [-0.4, -0.2) is 19.6 Å². The maximum atomic E-state index is 5.42. The molecule has 0 amide bonds. The Bertz CT molecular complexity index is 1130.